The summed E-state index contributed by atoms with van der Waals surface area (Å²) in [7, 11) is 0.713. The molecule has 3 aromatic heterocycles. The van der Waals surface area contributed by atoms with Crippen molar-refractivity contribution in [2.24, 2.45) is 13.0 Å². The van der Waals surface area contributed by atoms with E-state index in [0.717, 1.165) is 45.4 Å². The van der Waals surface area contributed by atoms with Crippen molar-refractivity contribution in [2.75, 3.05) is 26.5 Å². The van der Waals surface area contributed by atoms with Crippen molar-refractivity contribution in [3.8, 4) is 5.69 Å². The highest BCUT2D eigenvalue weighted by atomic mass is 32.2. The van der Waals surface area contributed by atoms with Gasteiger partial charge in [0.1, 0.15) is 12.2 Å². The molecule has 10 nitrogen and oxygen atoms in total. The molecule has 1 fully saturated rings. The van der Waals surface area contributed by atoms with E-state index in [1.54, 1.807) is 18.5 Å². The van der Waals surface area contributed by atoms with E-state index < -0.39 is 27.5 Å². The number of hydrogen-bond acceptors (Lipinski definition) is 6. The Morgan fingerprint density at radius 3 is 2.56 bits per heavy atom. The zero-order valence-electron chi connectivity index (χ0n) is 22.9. The molecule has 1 aliphatic carbocycles. The molecule has 41 heavy (non-hydrogen) atoms. The van der Waals surface area contributed by atoms with Crippen LogP contribution >= 0.6 is 0 Å². The molecule has 0 saturated heterocycles. The lowest BCUT2D eigenvalue weighted by atomic mass is 9.72. The van der Waals surface area contributed by atoms with E-state index in [-0.39, 0.29) is 35.9 Å². The lowest BCUT2D eigenvalue weighted by Gasteiger charge is -2.33. The second-order valence-corrected chi connectivity index (χ2v) is 12.6. The summed E-state index contributed by atoms with van der Waals surface area (Å²) in [6.07, 6.45) is 2.42. The first-order valence-corrected chi connectivity index (χ1v) is 14.7. The van der Waals surface area contributed by atoms with Crippen LogP contribution in [0.15, 0.2) is 53.8 Å². The molecule has 4 aromatic rings. The Hall–Kier alpha value is -3.49. The summed E-state index contributed by atoms with van der Waals surface area (Å²) in [5, 5.41) is 8.34. The zero-order valence-corrected chi connectivity index (χ0v) is 23.7. The number of imidazole rings is 1. The first-order chi connectivity index (χ1) is 19.4. The van der Waals surface area contributed by atoms with Crippen molar-refractivity contribution < 1.29 is 26.3 Å². The third-order valence-corrected chi connectivity index (χ3v) is 9.47. The van der Waals surface area contributed by atoms with E-state index in [4.69, 9.17) is 4.74 Å². The number of alkyl halides is 3. The number of aromatic nitrogens is 5. The zero-order chi connectivity index (χ0) is 29.5. The molecule has 0 spiro atoms. The van der Waals surface area contributed by atoms with Crippen LogP contribution in [0.3, 0.4) is 0 Å². The normalized spacial score (nSPS) is 15.5. The Kier molecular flexibility index (Phi) is 7.83. The Labute approximate surface area is 235 Å². The largest absolute Gasteiger partial charge is 0.418 e. The highest BCUT2D eigenvalue weighted by molar-refractivity contribution is 7.89. The molecule has 0 N–H and O–H groups in total. The molecule has 1 aliphatic rings. The van der Waals surface area contributed by atoms with Gasteiger partial charge < -0.3 is 9.30 Å². The highest BCUT2D eigenvalue weighted by Crippen LogP contribution is 2.43. The van der Waals surface area contributed by atoms with Crippen LogP contribution in [0.1, 0.15) is 47.7 Å². The molecule has 0 radical (unpaired) electrons. The van der Waals surface area contributed by atoms with Crippen LogP contribution in [0.4, 0.5) is 13.2 Å². The van der Waals surface area contributed by atoms with Gasteiger partial charge in [0.25, 0.3) is 0 Å². The fourth-order valence-electron chi connectivity index (χ4n) is 5.29. The first kappa shape index (κ1) is 29.0. The van der Waals surface area contributed by atoms with Crippen molar-refractivity contribution in [2.45, 2.75) is 37.9 Å². The SMILES string of the molecule is COCCS(=O)(=O)N(C)Cc1cc(C(F)(F)F)c2cn(-c3cccc([C@H](c4nncn4C)C4CCC4)c3)c(=O)n2c1. The Bertz CT molecular complexity index is 1720. The number of pyridine rings is 1. The maximum Gasteiger partial charge on any atom is 0.418 e. The molecule has 14 heteroatoms. The van der Waals surface area contributed by atoms with Crippen molar-refractivity contribution in [1.29, 1.82) is 0 Å². The smallest absolute Gasteiger partial charge is 0.384 e. The third kappa shape index (κ3) is 5.68. The van der Waals surface area contributed by atoms with Gasteiger partial charge in [-0.25, -0.2) is 17.5 Å². The second-order valence-electron chi connectivity index (χ2n) is 10.4. The molecule has 0 aliphatic heterocycles. The average molecular weight is 593 g/mol. The van der Waals surface area contributed by atoms with Crippen LogP contribution in [0.2, 0.25) is 0 Å². The summed E-state index contributed by atoms with van der Waals surface area (Å²) in [5.74, 6) is 0.734. The fourth-order valence-corrected chi connectivity index (χ4v) is 6.33. The number of ether oxygens (including phenoxy) is 1. The fraction of sp³-hybridized carbons (Fsp3) is 0.444. The summed E-state index contributed by atoms with van der Waals surface area (Å²) >= 11 is 0. The molecular formula is C27H31F3N6O4S. The van der Waals surface area contributed by atoms with Crippen molar-refractivity contribution in [3.05, 3.63) is 82.1 Å². The molecule has 0 amide bonds. The summed E-state index contributed by atoms with van der Waals surface area (Å²) in [6.45, 7) is -0.405. The maximum atomic E-state index is 14.2. The van der Waals surface area contributed by atoms with Gasteiger partial charge in [0.15, 0.2) is 0 Å². The van der Waals surface area contributed by atoms with Crippen LogP contribution in [-0.2, 0) is 34.5 Å². The summed E-state index contributed by atoms with van der Waals surface area (Å²) < 4.78 is 77.3. The van der Waals surface area contributed by atoms with E-state index in [2.05, 4.69) is 10.2 Å². The second kappa shape index (κ2) is 11.1. The van der Waals surface area contributed by atoms with E-state index >= 15 is 0 Å². The van der Waals surface area contributed by atoms with Crippen LogP contribution in [0, 0.1) is 5.92 Å². The van der Waals surface area contributed by atoms with Crippen molar-refractivity contribution >= 4 is 15.5 Å². The number of benzene rings is 1. The standard InChI is InChI=1S/C27H31F3N6O4S/c1-33-17-31-32-25(33)24(19-6-4-7-19)20-8-5-9-21(13-20)35-16-23-22(27(28,29)30)12-18(15-36(23)26(35)37)14-34(2)41(38,39)11-10-40-3/h5,8-9,12-13,15-17,19,24H,4,6-7,10-11,14H2,1-3H3/t24-/m1/s1. The number of hydrogen-bond donors (Lipinski definition) is 0. The van der Waals surface area contributed by atoms with Crippen LogP contribution in [0.25, 0.3) is 11.2 Å². The minimum absolute atomic E-state index is 0.0225. The molecule has 3 heterocycles. The number of rotatable bonds is 10. The molecule has 5 rings (SSSR count). The van der Waals surface area contributed by atoms with Gasteiger partial charge >= 0.3 is 11.9 Å². The van der Waals surface area contributed by atoms with Gasteiger partial charge in [-0.3, -0.25) is 8.97 Å². The topological polar surface area (TPSA) is 104 Å². The van der Waals surface area contributed by atoms with Crippen LogP contribution in [-0.4, -0.2) is 63.0 Å². The molecule has 1 atom stereocenters. The lowest BCUT2D eigenvalue weighted by Crippen LogP contribution is -2.30. The monoisotopic (exact) mass is 592 g/mol. The summed E-state index contributed by atoms with van der Waals surface area (Å²) in [6, 6.07) is 8.07. The number of sulfonamides is 1. The minimum Gasteiger partial charge on any atom is -0.384 e. The maximum absolute atomic E-state index is 14.2. The predicted octanol–water partition coefficient (Wildman–Crippen LogP) is 3.58. The van der Waals surface area contributed by atoms with Gasteiger partial charge in [-0.2, -0.15) is 13.2 Å². The molecule has 220 valence electrons. The molecule has 1 saturated carbocycles. The van der Waals surface area contributed by atoms with E-state index in [1.165, 1.54) is 31.1 Å². The highest BCUT2D eigenvalue weighted by Gasteiger charge is 2.36. The molecule has 0 bridgehead atoms. The van der Waals surface area contributed by atoms with Crippen LogP contribution in [0.5, 0.6) is 0 Å². The van der Waals surface area contributed by atoms with Crippen LogP contribution < -0.4 is 5.69 Å². The Balaban J connectivity index is 1.58. The number of methoxy groups -OCH3 is 1. The Morgan fingerprint density at radius 1 is 1.20 bits per heavy atom. The molecule has 0 unspecified atom stereocenters. The number of fused-ring (bicyclic) bond motifs is 1. The van der Waals surface area contributed by atoms with Gasteiger partial charge in [0.2, 0.25) is 10.0 Å². The lowest BCUT2D eigenvalue weighted by molar-refractivity contribution is -0.136. The van der Waals surface area contributed by atoms with Gasteiger partial charge in [0, 0.05) is 46.1 Å². The van der Waals surface area contributed by atoms with Gasteiger partial charge in [-0.15, -0.1) is 10.2 Å². The van der Waals surface area contributed by atoms with Gasteiger partial charge in [-0.05, 0) is 48.1 Å². The van der Waals surface area contributed by atoms with E-state index in [9.17, 15) is 26.4 Å². The van der Waals surface area contributed by atoms with E-state index in [0.29, 0.717) is 11.6 Å². The predicted molar refractivity (Wildman–Crippen MR) is 145 cm³/mol. The Morgan fingerprint density at radius 2 is 1.95 bits per heavy atom. The summed E-state index contributed by atoms with van der Waals surface area (Å²) in [4.78, 5) is 13.5. The quantitative estimate of drug-likeness (QED) is 0.279. The van der Waals surface area contributed by atoms with Crippen molar-refractivity contribution in [3.63, 3.8) is 0 Å². The minimum atomic E-state index is -4.78. The average Bonchev–Trinajstić information content (AvgIpc) is 3.46. The number of nitrogens with zero attached hydrogens (tertiary/aromatic N) is 6. The van der Waals surface area contributed by atoms with Gasteiger partial charge in [0.05, 0.1) is 29.1 Å². The van der Waals surface area contributed by atoms with E-state index in [1.807, 2.05) is 23.7 Å². The number of halogens is 3. The summed E-state index contributed by atoms with van der Waals surface area (Å²) in [5.41, 5.74) is -0.731. The third-order valence-electron chi connectivity index (χ3n) is 7.71. The molecule has 1 aromatic carbocycles. The van der Waals surface area contributed by atoms with Crippen molar-refractivity contribution in [1.82, 2.24) is 28.0 Å². The molecular weight excluding hydrogens is 561 g/mol. The van der Waals surface area contributed by atoms with Gasteiger partial charge in [-0.1, -0.05) is 18.6 Å². The first-order valence-electron chi connectivity index (χ1n) is 13.1. The number of aryl methyl sites for hydroxylation is 1.